The summed E-state index contributed by atoms with van der Waals surface area (Å²) in [6, 6.07) is 57.7. The van der Waals surface area contributed by atoms with Crippen LogP contribution in [0.15, 0.2) is 170 Å². The number of rotatable bonds is 4. The lowest BCUT2D eigenvalue weighted by atomic mass is 9.98. The monoisotopic (exact) mass is 612 g/mol. The molecule has 224 valence electrons. The topological polar surface area (TPSA) is 35.6 Å². The molecule has 0 atom stereocenters. The second-order valence-corrected chi connectivity index (χ2v) is 12.2. The minimum atomic E-state index is 0.698. The Morgan fingerprint density at radius 3 is 1.81 bits per heavy atom. The van der Waals surface area contributed by atoms with E-state index in [-0.39, 0.29) is 0 Å². The van der Waals surface area contributed by atoms with Gasteiger partial charge in [0.05, 0.1) is 22.2 Å². The second-order valence-electron chi connectivity index (χ2n) is 12.2. The maximum atomic E-state index is 5.34. The largest absolute Gasteiger partial charge is 0.316 e. The number of benzene rings is 7. The number of aromatic nitrogens is 4. The summed E-state index contributed by atoms with van der Waals surface area (Å²) in [5, 5.41) is 8.49. The molecule has 0 unspecified atom stereocenters. The van der Waals surface area contributed by atoms with Crippen LogP contribution in [0.1, 0.15) is 0 Å². The minimum Gasteiger partial charge on any atom is -0.316 e. The molecule has 0 fully saturated rings. The van der Waals surface area contributed by atoms with Gasteiger partial charge >= 0.3 is 0 Å². The Labute approximate surface area is 276 Å². The third-order valence-electron chi connectivity index (χ3n) is 9.53. The van der Waals surface area contributed by atoms with Crippen LogP contribution in [0.3, 0.4) is 0 Å². The van der Waals surface area contributed by atoms with E-state index in [0.29, 0.717) is 5.82 Å². The van der Waals surface area contributed by atoms with Crippen molar-refractivity contribution in [1.82, 2.24) is 19.1 Å². The van der Waals surface area contributed by atoms with E-state index in [1.165, 1.54) is 43.2 Å². The van der Waals surface area contributed by atoms with Crippen molar-refractivity contribution in [3.63, 3.8) is 0 Å². The summed E-state index contributed by atoms with van der Waals surface area (Å²) in [7, 11) is 0. The highest BCUT2D eigenvalue weighted by molar-refractivity contribution is 6.35. The van der Waals surface area contributed by atoms with E-state index in [1.54, 1.807) is 0 Å². The van der Waals surface area contributed by atoms with Crippen LogP contribution in [0.25, 0.3) is 88.4 Å². The maximum Gasteiger partial charge on any atom is 0.162 e. The molecule has 0 aliphatic rings. The van der Waals surface area contributed by atoms with Gasteiger partial charge in [-0.2, -0.15) is 0 Å². The summed E-state index contributed by atoms with van der Waals surface area (Å²) in [5.41, 5.74) is 7.52. The van der Waals surface area contributed by atoms with Gasteiger partial charge in [0.1, 0.15) is 5.82 Å². The summed E-state index contributed by atoms with van der Waals surface area (Å²) in [4.78, 5) is 10.5. The van der Waals surface area contributed by atoms with Gasteiger partial charge in [0, 0.05) is 56.0 Å². The maximum absolute atomic E-state index is 5.34. The van der Waals surface area contributed by atoms with Crippen LogP contribution in [-0.4, -0.2) is 19.1 Å². The van der Waals surface area contributed by atoms with Crippen molar-refractivity contribution < 1.29 is 0 Å². The highest BCUT2D eigenvalue weighted by atomic mass is 15.1. The fourth-order valence-corrected chi connectivity index (χ4v) is 7.45. The van der Waals surface area contributed by atoms with Gasteiger partial charge < -0.3 is 4.57 Å². The minimum absolute atomic E-state index is 0.698. The highest BCUT2D eigenvalue weighted by Crippen LogP contribution is 2.45. The van der Waals surface area contributed by atoms with Gasteiger partial charge in [-0.3, -0.25) is 4.57 Å². The van der Waals surface area contributed by atoms with Gasteiger partial charge in [-0.25, -0.2) is 9.97 Å². The number of fused-ring (bicyclic) bond motifs is 10. The van der Waals surface area contributed by atoms with Gasteiger partial charge in [0.2, 0.25) is 0 Å². The normalized spacial score (nSPS) is 11.8. The van der Waals surface area contributed by atoms with E-state index in [2.05, 4.69) is 155 Å². The zero-order valence-corrected chi connectivity index (χ0v) is 26.0. The summed E-state index contributed by atoms with van der Waals surface area (Å²) in [6.45, 7) is 0. The number of hydrogen-bond donors (Lipinski definition) is 0. The first-order valence-corrected chi connectivity index (χ1v) is 16.3. The molecule has 4 nitrogen and oxygen atoms in total. The molecule has 0 N–H and O–H groups in total. The molecule has 7 aromatic carbocycles. The summed E-state index contributed by atoms with van der Waals surface area (Å²) in [5.74, 6) is 1.54. The third kappa shape index (κ3) is 3.96. The standard InChI is InChI=1S/C44H28N4/c1-4-15-30(16-5-1)37-28-39(46-44(45-37)31-17-6-2-7-18-31)48-38-25-24-29-14-10-11-21-33(29)40(38)41-36-26-27-47(32-19-8-3-9-20-32)42(36)34-22-12-13-23-35(34)43(41)48/h1-28H. The van der Waals surface area contributed by atoms with Gasteiger partial charge in [0.15, 0.2) is 5.82 Å². The Morgan fingerprint density at radius 2 is 1.06 bits per heavy atom. The first-order chi connectivity index (χ1) is 23.8. The Hall–Kier alpha value is -6.52. The molecule has 3 heterocycles. The summed E-state index contributed by atoms with van der Waals surface area (Å²) >= 11 is 0. The summed E-state index contributed by atoms with van der Waals surface area (Å²) in [6.07, 6.45) is 2.21. The predicted molar refractivity (Wildman–Crippen MR) is 199 cm³/mol. The van der Waals surface area contributed by atoms with Crippen molar-refractivity contribution in [1.29, 1.82) is 0 Å². The molecule has 0 aliphatic carbocycles. The molecule has 0 aliphatic heterocycles. The zero-order valence-electron chi connectivity index (χ0n) is 26.0. The van der Waals surface area contributed by atoms with E-state index in [4.69, 9.17) is 9.97 Å². The van der Waals surface area contributed by atoms with Gasteiger partial charge in [0.25, 0.3) is 0 Å². The Morgan fingerprint density at radius 1 is 0.438 bits per heavy atom. The van der Waals surface area contributed by atoms with Gasteiger partial charge in [-0.05, 0) is 35.0 Å². The second kappa shape index (κ2) is 10.5. The van der Waals surface area contributed by atoms with Gasteiger partial charge in [-0.1, -0.05) is 133 Å². The summed E-state index contributed by atoms with van der Waals surface area (Å²) < 4.78 is 4.70. The highest BCUT2D eigenvalue weighted by Gasteiger charge is 2.24. The van der Waals surface area contributed by atoms with Crippen molar-refractivity contribution in [2.75, 3.05) is 0 Å². The molecule has 0 radical (unpaired) electrons. The van der Waals surface area contributed by atoms with Crippen LogP contribution in [0.2, 0.25) is 0 Å². The average Bonchev–Trinajstić information content (AvgIpc) is 3.77. The molecule has 48 heavy (non-hydrogen) atoms. The number of hydrogen-bond acceptors (Lipinski definition) is 2. The molecular formula is C44H28N4. The lowest BCUT2D eigenvalue weighted by Crippen LogP contribution is -2.03. The van der Waals surface area contributed by atoms with E-state index in [0.717, 1.165) is 39.4 Å². The molecule has 10 rings (SSSR count). The molecule has 3 aromatic heterocycles. The van der Waals surface area contributed by atoms with Crippen LogP contribution in [0, 0.1) is 0 Å². The van der Waals surface area contributed by atoms with Crippen LogP contribution in [0.4, 0.5) is 0 Å². The molecule has 4 heteroatoms. The Balaban J connectivity index is 1.42. The van der Waals surface area contributed by atoms with Crippen LogP contribution in [-0.2, 0) is 0 Å². The van der Waals surface area contributed by atoms with Crippen molar-refractivity contribution >= 4 is 54.3 Å². The smallest absolute Gasteiger partial charge is 0.162 e. The lowest BCUT2D eigenvalue weighted by Gasteiger charge is -2.14. The first kappa shape index (κ1) is 26.7. The van der Waals surface area contributed by atoms with Crippen LogP contribution >= 0.6 is 0 Å². The molecular weight excluding hydrogens is 585 g/mol. The average molecular weight is 613 g/mol. The molecule has 0 saturated carbocycles. The SMILES string of the molecule is c1ccc(-c2cc(-n3c4ccc5ccccc5c4c4c5ccn(-c6ccccc6)c5c5ccccc5c43)nc(-c3ccccc3)n2)cc1. The molecule has 0 amide bonds. The van der Waals surface area contributed by atoms with Crippen LogP contribution < -0.4 is 0 Å². The first-order valence-electron chi connectivity index (χ1n) is 16.3. The number of para-hydroxylation sites is 1. The van der Waals surface area contributed by atoms with Crippen molar-refractivity contribution in [3.8, 4) is 34.2 Å². The van der Waals surface area contributed by atoms with Crippen LogP contribution in [0.5, 0.6) is 0 Å². The fourth-order valence-electron chi connectivity index (χ4n) is 7.45. The quantitative estimate of drug-likeness (QED) is 0.198. The van der Waals surface area contributed by atoms with E-state index in [9.17, 15) is 0 Å². The van der Waals surface area contributed by atoms with Gasteiger partial charge in [-0.15, -0.1) is 0 Å². The molecule has 0 spiro atoms. The Kier molecular flexibility index (Phi) is 5.84. The van der Waals surface area contributed by atoms with E-state index in [1.807, 2.05) is 24.3 Å². The lowest BCUT2D eigenvalue weighted by molar-refractivity contribution is 1.05. The number of nitrogens with zero attached hydrogens (tertiary/aromatic N) is 4. The predicted octanol–water partition coefficient (Wildman–Crippen LogP) is 11.2. The van der Waals surface area contributed by atoms with Crippen molar-refractivity contribution in [3.05, 3.63) is 170 Å². The van der Waals surface area contributed by atoms with Crippen molar-refractivity contribution in [2.45, 2.75) is 0 Å². The zero-order chi connectivity index (χ0) is 31.6. The van der Waals surface area contributed by atoms with E-state index < -0.39 is 0 Å². The Bertz CT molecular complexity index is 2760. The molecule has 10 aromatic rings. The molecule has 0 saturated heterocycles. The van der Waals surface area contributed by atoms with E-state index >= 15 is 0 Å². The van der Waals surface area contributed by atoms with Crippen molar-refractivity contribution in [2.24, 2.45) is 0 Å². The third-order valence-corrected chi connectivity index (χ3v) is 9.53. The molecule has 0 bridgehead atoms. The fraction of sp³-hybridized carbons (Fsp3) is 0.